The predicted octanol–water partition coefficient (Wildman–Crippen LogP) is 4.36. The Kier molecular flexibility index (Phi) is 3.85. The van der Waals surface area contributed by atoms with Gasteiger partial charge in [-0.3, -0.25) is 0 Å². The molecule has 21 heavy (non-hydrogen) atoms. The fourth-order valence-corrected chi connectivity index (χ4v) is 4.55. The lowest BCUT2D eigenvalue weighted by molar-refractivity contribution is 0.342. The van der Waals surface area contributed by atoms with Gasteiger partial charge in [-0.05, 0) is 49.7 Å². The summed E-state index contributed by atoms with van der Waals surface area (Å²) in [6, 6.07) is 7.90. The monoisotopic (exact) mass is 304 g/mol. The average Bonchev–Trinajstić information content (AvgIpc) is 3.24. The number of para-hydroxylation sites is 1. The summed E-state index contributed by atoms with van der Waals surface area (Å²) >= 11 is 6.60. The molecule has 2 unspecified atom stereocenters. The molecule has 1 aliphatic heterocycles. The summed E-state index contributed by atoms with van der Waals surface area (Å²) in [7, 11) is 0. The van der Waals surface area contributed by atoms with Crippen molar-refractivity contribution in [3.8, 4) is 0 Å². The molecule has 2 saturated carbocycles. The van der Waals surface area contributed by atoms with Crippen LogP contribution in [-0.4, -0.2) is 18.6 Å². The molecule has 1 saturated heterocycles. The van der Waals surface area contributed by atoms with Crippen LogP contribution in [-0.2, 0) is 6.54 Å². The quantitative estimate of drug-likeness (QED) is 0.889. The first-order valence-electron chi connectivity index (χ1n) is 8.60. The zero-order valence-corrected chi connectivity index (χ0v) is 13.4. The molecule has 3 fully saturated rings. The number of nitrogens with one attached hydrogen (secondary N) is 1. The molecular formula is C18H25ClN2. The number of benzene rings is 1. The van der Waals surface area contributed by atoms with Crippen molar-refractivity contribution in [2.24, 2.45) is 5.92 Å². The van der Waals surface area contributed by atoms with Crippen molar-refractivity contribution in [2.45, 2.75) is 63.6 Å². The van der Waals surface area contributed by atoms with Crippen LogP contribution in [0.25, 0.3) is 0 Å². The number of rotatable bonds is 4. The van der Waals surface area contributed by atoms with Gasteiger partial charge in [-0.25, -0.2) is 0 Å². The van der Waals surface area contributed by atoms with Crippen molar-refractivity contribution >= 4 is 17.3 Å². The minimum absolute atomic E-state index is 0.735. The minimum Gasteiger partial charge on any atom is -0.367 e. The maximum Gasteiger partial charge on any atom is 0.0643 e. The van der Waals surface area contributed by atoms with Gasteiger partial charge < -0.3 is 10.2 Å². The normalized spacial score (nSPS) is 28.7. The van der Waals surface area contributed by atoms with Gasteiger partial charge in [0, 0.05) is 25.2 Å². The third kappa shape index (κ3) is 2.80. The highest BCUT2D eigenvalue weighted by Crippen LogP contribution is 2.42. The molecule has 0 aromatic heterocycles. The van der Waals surface area contributed by atoms with Gasteiger partial charge in [-0.2, -0.15) is 0 Å². The Hall–Kier alpha value is -0.730. The van der Waals surface area contributed by atoms with Crippen LogP contribution in [0.3, 0.4) is 0 Å². The van der Waals surface area contributed by atoms with Gasteiger partial charge in [-0.1, -0.05) is 36.6 Å². The highest BCUT2D eigenvalue weighted by molar-refractivity contribution is 6.33. The van der Waals surface area contributed by atoms with Gasteiger partial charge in [0.05, 0.1) is 10.7 Å². The number of fused-ring (bicyclic) bond motifs is 1. The lowest BCUT2D eigenvalue weighted by atomic mass is 9.85. The fourth-order valence-electron chi connectivity index (χ4n) is 4.25. The van der Waals surface area contributed by atoms with Gasteiger partial charge >= 0.3 is 0 Å². The molecule has 3 aliphatic rings. The van der Waals surface area contributed by atoms with Gasteiger partial charge in [-0.15, -0.1) is 0 Å². The highest BCUT2D eigenvalue weighted by atomic mass is 35.5. The third-order valence-corrected chi connectivity index (χ3v) is 5.83. The molecule has 3 heteroatoms. The molecule has 4 rings (SSSR count). The van der Waals surface area contributed by atoms with Crippen LogP contribution in [0.5, 0.6) is 0 Å². The van der Waals surface area contributed by atoms with E-state index in [-0.39, 0.29) is 0 Å². The van der Waals surface area contributed by atoms with E-state index in [1.165, 1.54) is 62.7 Å². The average molecular weight is 305 g/mol. The SMILES string of the molecule is Clc1cccc(CNC2CC2)c1N1CCC2CCCCC21. The Morgan fingerprint density at radius 3 is 2.81 bits per heavy atom. The van der Waals surface area contributed by atoms with Crippen LogP contribution in [0.2, 0.25) is 5.02 Å². The molecule has 1 aromatic rings. The highest BCUT2D eigenvalue weighted by Gasteiger charge is 2.37. The van der Waals surface area contributed by atoms with Gasteiger partial charge in [0.15, 0.2) is 0 Å². The standard InChI is InChI=1S/C18H25ClN2/c19-16-6-3-5-14(12-20-15-8-9-15)18(16)21-11-10-13-4-1-2-7-17(13)21/h3,5-6,13,15,17,20H,1-2,4,7-12H2. The largest absolute Gasteiger partial charge is 0.367 e. The molecule has 114 valence electrons. The molecule has 0 radical (unpaired) electrons. The molecule has 2 nitrogen and oxygen atoms in total. The van der Waals surface area contributed by atoms with E-state index < -0.39 is 0 Å². The molecule has 1 N–H and O–H groups in total. The summed E-state index contributed by atoms with van der Waals surface area (Å²) in [5.41, 5.74) is 2.71. The first kappa shape index (κ1) is 13.9. The summed E-state index contributed by atoms with van der Waals surface area (Å²) < 4.78 is 0. The molecule has 0 amide bonds. The summed E-state index contributed by atoms with van der Waals surface area (Å²) in [5.74, 6) is 0.902. The van der Waals surface area contributed by atoms with E-state index in [0.29, 0.717) is 0 Å². The summed E-state index contributed by atoms with van der Waals surface area (Å²) in [6.45, 7) is 2.16. The van der Waals surface area contributed by atoms with E-state index in [4.69, 9.17) is 11.6 Å². The smallest absolute Gasteiger partial charge is 0.0643 e. The second-order valence-electron chi connectivity index (χ2n) is 7.00. The van der Waals surface area contributed by atoms with Crippen molar-refractivity contribution in [2.75, 3.05) is 11.4 Å². The van der Waals surface area contributed by atoms with Crippen LogP contribution < -0.4 is 10.2 Å². The van der Waals surface area contributed by atoms with Crippen molar-refractivity contribution in [3.63, 3.8) is 0 Å². The predicted molar refractivity (Wildman–Crippen MR) is 89.0 cm³/mol. The number of nitrogens with zero attached hydrogens (tertiary/aromatic N) is 1. The van der Waals surface area contributed by atoms with Crippen molar-refractivity contribution in [1.29, 1.82) is 0 Å². The van der Waals surface area contributed by atoms with Crippen molar-refractivity contribution < 1.29 is 0 Å². The number of anilines is 1. The number of hydrogen-bond donors (Lipinski definition) is 1. The molecule has 2 aliphatic carbocycles. The maximum atomic E-state index is 6.60. The van der Waals surface area contributed by atoms with E-state index in [0.717, 1.165) is 29.6 Å². The fraction of sp³-hybridized carbons (Fsp3) is 0.667. The van der Waals surface area contributed by atoms with Crippen LogP contribution >= 0.6 is 11.6 Å². The zero-order valence-electron chi connectivity index (χ0n) is 12.7. The van der Waals surface area contributed by atoms with Crippen LogP contribution in [0.15, 0.2) is 18.2 Å². The second kappa shape index (κ2) is 5.81. The van der Waals surface area contributed by atoms with E-state index >= 15 is 0 Å². The Bertz CT molecular complexity index is 512. The van der Waals surface area contributed by atoms with Crippen molar-refractivity contribution in [3.05, 3.63) is 28.8 Å². The molecule has 1 heterocycles. The first-order valence-corrected chi connectivity index (χ1v) is 8.98. The van der Waals surface area contributed by atoms with Gasteiger partial charge in [0.2, 0.25) is 0 Å². The summed E-state index contributed by atoms with van der Waals surface area (Å²) in [4.78, 5) is 2.63. The van der Waals surface area contributed by atoms with Gasteiger partial charge in [0.1, 0.15) is 0 Å². The Morgan fingerprint density at radius 2 is 1.95 bits per heavy atom. The Balaban J connectivity index is 1.60. The lowest BCUT2D eigenvalue weighted by Gasteiger charge is -2.35. The third-order valence-electron chi connectivity index (χ3n) is 5.53. The maximum absolute atomic E-state index is 6.60. The molecule has 1 aromatic carbocycles. The molecule has 2 atom stereocenters. The lowest BCUT2D eigenvalue weighted by Crippen LogP contribution is -2.35. The van der Waals surface area contributed by atoms with Crippen LogP contribution in [0, 0.1) is 5.92 Å². The molecular weight excluding hydrogens is 280 g/mol. The van der Waals surface area contributed by atoms with E-state index in [2.05, 4.69) is 28.4 Å². The summed E-state index contributed by atoms with van der Waals surface area (Å²) in [5, 5.41) is 4.59. The van der Waals surface area contributed by atoms with Gasteiger partial charge in [0.25, 0.3) is 0 Å². The second-order valence-corrected chi connectivity index (χ2v) is 7.40. The minimum atomic E-state index is 0.735. The zero-order chi connectivity index (χ0) is 14.2. The number of hydrogen-bond acceptors (Lipinski definition) is 2. The Labute approximate surface area is 132 Å². The van der Waals surface area contributed by atoms with Crippen LogP contribution in [0.4, 0.5) is 5.69 Å². The first-order chi connectivity index (χ1) is 10.3. The Morgan fingerprint density at radius 1 is 1.10 bits per heavy atom. The number of halogens is 1. The summed E-state index contributed by atoms with van der Waals surface area (Å²) in [6.07, 6.45) is 9.61. The van der Waals surface area contributed by atoms with Crippen LogP contribution in [0.1, 0.15) is 50.5 Å². The van der Waals surface area contributed by atoms with E-state index in [1.54, 1.807) is 0 Å². The molecule has 0 spiro atoms. The molecule has 0 bridgehead atoms. The van der Waals surface area contributed by atoms with E-state index in [1.807, 2.05) is 0 Å². The van der Waals surface area contributed by atoms with E-state index in [9.17, 15) is 0 Å². The topological polar surface area (TPSA) is 15.3 Å². The van der Waals surface area contributed by atoms with Crippen molar-refractivity contribution in [1.82, 2.24) is 5.32 Å².